The molecule has 2 rings (SSSR count). The van der Waals surface area contributed by atoms with E-state index in [0.717, 1.165) is 31.1 Å². The molecular formula is C14H21NO2. The molecule has 0 saturated heterocycles. The molecule has 94 valence electrons. The number of rotatable bonds is 5. The molecule has 0 spiro atoms. The van der Waals surface area contributed by atoms with Gasteiger partial charge in [-0.25, -0.2) is 0 Å². The Balaban J connectivity index is 2.05. The van der Waals surface area contributed by atoms with Gasteiger partial charge in [-0.15, -0.1) is 0 Å². The van der Waals surface area contributed by atoms with Gasteiger partial charge in [-0.3, -0.25) is 4.90 Å². The lowest BCUT2D eigenvalue weighted by Crippen LogP contribution is -2.23. The van der Waals surface area contributed by atoms with E-state index in [-0.39, 0.29) is 0 Å². The lowest BCUT2D eigenvalue weighted by Gasteiger charge is -2.22. The fraction of sp³-hybridized carbons (Fsp3) is 0.571. The summed E-state index contributed by atoms with van der Waals surface area (Å²) in [7, 11) is 0. The van der Waals surface area contributed by atoms with Crippen LogP contribution in [0.3, 0.4) is 0 Å². The standard InChI is InChI=1S/C14H21NO2/c1-3-7-15(4-2)11-12-5-6-13-14(10-12)17-9-8-16-13/h5-6,10H,3-4,7-9,11H2,1-2H3. The molecule has 0 atom stereocenters. The van der Waals surface area contributed by atoms with Gasteiger partial charge in [-0.05, 0) is 37.2 Å². The third-order valence-electron chi connectivity index (χ3n) is 3.00. The first-order valence-corrected chi connectivity index (χ1v) is 6.44. The fourth-order valence-corrected chi connectivity index (χ4v) is 2.11. The first-order chi connectivity index (χ1) is 8.33. The molecule has 0 saturated carbocycles. The van der Waals surface area contributed by atoms with E-state index in [0.29, 0.717) is 13.2 Å². The normalized spacial score (nSPS) is 14.1. The molecule has 17 heavy (non-hydrogen) atoms. The Morgan fingerprint density at radius 1 is 1.12 bits per heavy atom. The highest BCUT2D eigenvalue weighted by atomic mass is 16.6. The second-order valence-corrected chi connectivity index (χ2v) is 4.35. The van der Waals surface area contributed by atoms with E-state index in [1.54, 1.807) is 0 Å². The maximum absolute atomic E-state index is 5.60. The number of hydrogen-bond donors (Lipinski definition) is 0. The summed E-state index contributed by atoms with van der Waals surface area (Å²) in [6.07, 6.45) is 1.19. The Morgan fingerprint density at radius 2 is 1.88 bits per heavy atom. The van der Waals surface area contributed by atoms with Crippen LogP contribution < -0.4 is 9.47 Å². The van der Waals surface area contributed by atoms with Gasteiger partial charge in [0.2, 0.25) is 0 Å². The van der Waals surface area contributed by atoms with E-state index >= 15 is 0 Å². The van der Waals surface area contributed by atoms with Crippen molar-refractivity contribution in [1.29, 1.82) is 0 Å². The van der Waals surface area contributed by atoms with Gasteiger partial charge in [0.15, 0.2) is 11.5 Å². The monoisotopic (exact) mass is 235 g/mol. The molecule has 0 aliphatic carbocycles. The van der Waals surface area contributed by atoms with E-state index in [1.807, 2.05) is 6.07 Å². The van der Waals surface area contributed by atoms with Gasteiger partial charge in [0.1, 0.15) is 13.2 Å². The van der Waals surface area contributed by atoms with Gasteiger partial charge in [-0.1, -0.05) is 19.9 Å². The van der Waals surface area contributed by atoms with E-state index < -0.39 is 0 Å². The average molecular weight is 235 g/mol. The second kappa shape index (κ2) is 5.92. The predicted molar refractivity (Wildman–Crippen MR) is 68.7 cm³/mol. The summed E-state index contributed by atoms with van der Waals surface area (Å²) in [5.41, 5.74) is 1.30. The fourth-order valence-electron chi connectivity index (χ4n) is 2.11. The molecule has 1 aromatic carbocycles. The highest BCUT2D eigenvalue weighted by Crippen LogP contribution is 2.31. The number of nitrogens with zero attached hydrogens (tertiary/aromatic N) is 1. The molecule has 3 heteroatoms. The number of benzene rings is 1. The van der Waals surface area contributed by atoms with Crippen molar-refractivity contribution in [3.63, 3.8) is 0 Å². The van der Waals surface area contributed by atoms with Crippen molar-refractivity contribution in [2.75, 3.05) is 26.3 Å². The Morgan fingerprint density at radius 3 is 2.59 bits per heavy atom. The lowest BCUT2D eigenvalue weighted by molar-refractivity contribution is 0.171. The molecule has 1 aromatic rings. The van der Waals surface area contributed by atoms with Gasteiger partial charge in [0, 0.05) is 6.54 Å². The van der Waals surface area contributed by atoms with Crippen LogP contribution in [0, 0.1) is 0 Å². The maximum Gasteiger partial charge on any atom is 0.161 e. The quantitative estimate of drug-likeness (QED) is 0.783. The highest BCUT2D eigenvalue weighted by Gasteiger charge is 2.12. The van der Waals surface area contributed by atoms with Crippen LogP contribution in [0.15, 0.2) is 18.2 Å². The first kappa shape index (κ1) is 12.2. The highest BCUT2D eigenvalue weighted by molar-refractivity contribution is 5.43. The van der Waals surface area contributed by atoms with Crippen molar-refractivity contribution in [1.82, 2.24) is 4.90 Å². The number of hydrogen-bond acceptors (Lipinski definition) is 3. The van der Waals surface area contributed by atoms with Gasteiger partial charge >= 0.3 is 0 Å². The minimum atomic E-state index is 0.656. The summed E-state index contributed by atoms with van der Waals surface area (Å²) in [4.78, 5) is 2.44. The van der Waals surface area contributed by atoms with Crippen LogP contribution >= 0.6 is 0 Å². The van der Waals surface area contributed by atoms with E-state index in [2.05, 4.69) is 30.9 Å². The predicted octanol–water partition coefficient (Wildman–Crippen LogP) is 2.69. The zero-order valence-corrected chi connectivity index (χ0v) is 10.7. The summed E-state index contributed by atoms with van der Waals surface area (Å²) >= 11 is 0. The zero-order valence-electron chi connectivity index (χ0n) is 10.7. The smallest absolute Gasteiger partial charge is 0.161 e. The molecule has 0 amide bonds. The molecule has 0 radical (unpaired) electrons. The summed E-state index contributed by atoms with van der Waals surface area (Å²) in [5, 5.41) is 0. The molecule has 1 aliphatic heterocycles. The third kappa shape index (κ3) is 3.13. The minimum Gasteiger partial charge on any atom is -0.486 e. The van der Waals surface area contributed by atoms with Crippen LogP contribution in [0.25, 0.3) is 0 Å². The molecule has 0 bridgehead atoms. The van der Waals surface area contributed by atoms with Crippen LogP contribution in [-0.4, -0.2) is 31.2 Å². The molecular weight excluding hydrogens is 214 g/mol. The van der Waals surface area contributed by atoms with Gasteiger partial charge in [-0.2, -0.15) is 0 Å². The van der Waals surface area contributed by atoms with Crippen molar-refractivity contribution in [3.05, 3.63) is 23.8 Å². The summed E-state index contributed by atoms with van der Waals surface area (Å²) in [6, 6.07) is 6.25. The van der Waals surface area contributed by atoms with E-state index in [9.17, 15) is 0 Å². The SMILES string of the molecule is CCCN(CC)Cc1ccc2c(c1)OCCO2. The average Bonchev–Trinajstić information content (AvgIpc) is 2.38. The molecule has 0 aromatic heterocycles. The van der Waals surface area contributed by atoms with Gasteiger partial charge in [0.05, 0.1) is 0 Å². The van der Waals surface area contributed by atoms with Crippen molar-refractivity contribution in [2.24, 2.45) is 0 Å². The molecule has 1 heterocycles. The molecule has 3 nitrogen and oxygen atoms in total. The lowest BCUT2D eigenvalue weighted by atomic mass is 10.1. The Bertz CT molecular complexity index is 365. The van der Waals surface area contributed by atoms with E-state index in [1.165, 1.54) is 12.0 Å². The van der Waals surface area contributed by atoms with Crippen molar-refractivity contribution >= 4 is 0 Å². The number of ether oxygens (including phenoxy) is 2. The van der Waals surface area contributed by atoms with Crippen LogP contribution in [0.1, 0.15) is 25.8 Å². The van der Waals surface area contributed by atoms with Crippen LogP contribution in [0.2, 0.25) is 0 Å². The molecule has 0 N–H and O–H groups in total. The van der Waals surface area contributed by atoms with Crippen LogP contribution in [0.4, 0.5) is 0 Å². The second-order valence-electron chi connectivity index (χ2n) is 4.35. The first-order valence-electron chi connectivity index (χ1n) is 6.44. The zero-order chi connectivity index (χ0) is 12.1. The molecule has 1 aliphatic rings. The van der Waals surface area contributed by atoms with Gasteiger partial charge in [0.25, 0.3) is 0 Å². The Hall–Kier alpha value is -1.22. The summed E-state index contributed by atoms with van der Waals surface area (Å²) < 4.78 is 11.1. The van der Waals surface area contributed by atoms with E-state index in [4.69, 9.17) is 9.47 Å². The van der Waals surface area contributed by atoms with Crippen molar-refractivity contribution in [3.8, 4) is 11.5 Å². The summed E-state index contributed by atoms with van der Waals surface area (Å²) in [5.74, 6) is 1.76. The largest absolute Gasteiger partial charge is 0.486 e. The maximum atomic E-state index is 5.60. The van der Waals surface area contributed by atoms with Crippen molar-refractivity contribution < 1.29 is 9.47 Å². The molecule has 0 fully saturated rings. The van der Waals surface area contributed by atoms with Crippen molar-refractivity contribution in [2.45, 2.75) is 26.8 Å². The third-order valence-corrected chi connectivity index (χ3v) is 3.00. The van der Waals surface area contributed by atoms with Crippen LogP contribution in [-0.2, 0) is 6.54 Å². The topological polar surface area (TPSA) is 21.7 Å². The Labute approximate surface area is 103 Å². The Kier molecular flexibility index (Phi) is 4.26. The molecule has 0 unspecified atom stereocenters. The van der Waals surface area contributed by atoms with Gasteiger partial charge < -0.3 is 9.47 Å². The summed E-state index contributed by atoms with van der Waals surface area (Å²) in [6.45, 7) is 8.94. The minimum absolute atomic E-state index is 0.656. The van der Waals surface area contributed by atoms with Crippen LogP contribution in [0.5, 0.6) is 11.5 Å². The number of fused-ring (bicyclic) bond motifs is 1.